The van der Waals surface area contributed by atoms with Crippen LogP contribution in [-0.4, -0.2) is 28.6 Å². The van der Waals surface area contributed by atoms with E-state index in [2.05, 4.69) is 21.7 Å². The molecule has 0 unspecified atom stereocenters. The summed E-state index contributed by atoms with van der Waals surface area (Å²) in [6.45, 7) is 5.56. The van der Waals surface area contributed by atoms with Gasteiger partial charge in [0.05, 0.1) is 5.41 Å². The third-order valence-corrected chi connectivity index (χ3v) is 5.07. The van der Waals surface area contributed by atoms with Gasteiger partial charge in [0, 0.05) is 19.1 Å². The van der Waals surface area contributed by atoms with Crippen molar-refractivity contribution in [2.45, 2.75) is 52.1 Å². The van der Waals surface area contributed by atoms with Gasteiger partial charge >= 0.3 is 5.97 Å². The molecule has 2 rings (SSSR count). The Balaban J connectivity index is 2.09. The maximum absolute atomic E-state index is 11.6. The lowest BCUT2D eigenvalue weighted by Crippen LogP contribution is -2.43. The first kappa shape index (κ1) is 14.5. The fourth-order valence-corrected chi connectivity index (χ4v) is 3.26. The molecular formula is C15H23NO2S. The van der Waals surface area contributed by atoms with E-state index < -0.39 is 11.4 Å². The van der Waals surface area contributed by atoms with Gasteiger partial charge in [-0.3, -0.25) is 9.69 Å². The quantitative estimate of drug-likeness (QED) is 0.791. The maximum atomic E-state index is 11.6. The fourth-order valence-electron chi connectivity index (χ4n) is 2.60. The van der Waals surface area contributed by atoms with Crippen molar-refractivity contribution in [3.05, 3.63) is 22.4 Å². The molecule has 3 nitrogen and oxygen atoms in total. The molecule has 0 amide bonds. The Morgan fingerprint density at radius 3 is 2.58 bits per heavy atom. The van der Waals surface area contributed by atoms with Gasteiger partial charge in [0.2, 0.25) is 0 Å². The smallest absolute Gasteiger partial charge is 0.310 e. The third-order valence-electron chi connectivity index (χ3n) is 4.34. The predicted molar refractivity (Wildman–Crippen MR) is 78.4 cm³/mol. The van der Waals surface area contributed by atoms with Gasteiger partial charge in [-0.05, 0) is 48.1 Å². The second kappa shape index (κ2) is 6.06. The number of carboxylic acids is 1. The molecular weight excluding hydrogens is 258 g/mol. The van der Waals surface area contributed by atoms with E-state index in [4.69, 9.17) is 0 Å². The zero-order valence-corrected chi connectivity index (χ0v) is 12.6. The zero-order valence-electron chi connectivity index (χ0n) is 11.8. The van der Waals surface area contributed by atoms with Gasteiger partial charge in [0.1, 0.15) is 0 Å². The highest BCUT2D eigenvalue weighted by atomic mass is 32.1. The van der Waals surface area contributed by atoms with E-state index in [1.807, 2.05) is 13.8 Å². The number of hydrogen-bond donors (Lipinski definition) is 1. The molecule has 4 heteroatoms. The topological polar surface area (TPSA) is 40.5 Å². The van der Waals surface area contributed by atoms with Crippen LogP contribution in [0.3, 0.4) is 0 Å². The van der Waals surface area contributed by atoms with E-state index in [-0.39, 0.29) is 0 Å². The first-order chi connectivity index (χ1) is 9.11. The van der Waals surface area contributed by atoms with Gasteiger partial charge < -0.3 is 5.11 Å². The molecule has 1 fully saturated rings. The van der Waals surface area contributed by atoms with Crippen molar-refractivity contribution < 1.29 is 9.90 Å². The molecule has 0 saturated heterocycles. The van der Waals surface area contributed by atoms with Gasteiger partial charge in [0.25, 0.3) is 0 Å². The molecule has 0 spiro atoms. The van der Waals surface area contributed by atoms with Crippen molar-refractivity contribution in [1.82, 2.24) is 4.90 Å². The summed E-state index contributed by atoms with van der Waals surface area (Å²) >= 11 is 1.71. The van der Waals surface area contributed by atoms with Crippen LogP contribution < -0.4 is 0 Å². The van der Waals surface area contributed by atoms with Gasteiger partial charge in [-0.1, -0.05) is 13.8 Å². The third kappa shape index (κ3) is 3.37. The minimum Gasteiger partial charge on any atom is -0.481 e. The minimum atomic E-state index is -0.645. The first-order valence-electron chi connectivity index (χ1n) is 7.10. The summed E-state index contributed by atoms with van der Waals surface area (Å²) in [5, 5.41) is 13.8. The molecule has 1 saturated carbocycles. The van der Waals surface area contributed by atoms with Crippen LogP contribution in [0.4, 0.5) is 0 Å². The number of carbonyl (C=O) groups is 1. The van der Waals surface area contributed by atoms with Gasteiger partial charge in [0.15, 0.2) is 0 Å². The van der Waals surface area contributed by atoms with Crippen molar-refractivity contribution in [3.63, 3.8) is 0 Å². The molecule has 1 N–H and O–H groups in total. The Hall–Kier alpha value is -0.870. The van der Waals surface area contributed by atoms with E-state index in [1.54, 1.807) is 11.3 Å². The van der Waals surface area contributed by atoms with Crippen molar-refractivity contribution in [3.8, 4) is 0 Å². The second-order valence-corrected chi connectivity index (χ2v) is 6.34. The Morgan fingerprint density at radius 1 is 1.47 bits per heavy atom. The molecule has 1 aliphatic carbocycles. The largest absolute Gasteiger partial charge is 0.481 e. The summed E-state index contributed by atoms with van der Waals surface area (Å²) in [7, 11) is 0. The van der Waals surface area contributed by atoms with E-state index in [1.165, 1.54) is 18.4 Å². The normalized spacial score (nSPS) is 15.9. The highest BCUT2D eigenvalue weighted by molar-refractivity contribution is 7.07. The van der Waals surface area contributed by atoms with E-state index >= 15 is 0 Å². The molecule has 0 aromatic carbocycles. The number of thiophene rings is 1. The van der Waals surface area contributed by atoms with E-state index in [9.17, 15) is 9.90 Å². The van der Waals surface area contributed by atoms with Crippen LogP contribution in [-0.2, 0) is 11.3 Å². The van der Waals surface area contributed by atoms with E-state index in [0.717, 1.165) is 6.54 Å². The zero-order chi connectivity index (χ0) is 13.9. The van der Waals surface area contributed by atoms with Crippen molar-refractivity contribution in [2.24, 2.45) is 5.41 Å². The van der Waals surface area contributed by atoms with Crippen LogP contribution in [0.15, 0.2) is 16.8 Å². The lowest BCUT2D eigenvalue weighted by atomic mass is 9.81. The number of hydrogen-bond acceptors (Lipinski definition) is 3. The monoisotopic (exact) mass is 281 g/mol. The highest BCUT2D eigenvalue weighted by Gasteiger charge is 2.40. The molecule has 0 aliphatic heterocycles. The summed E-state index contributed by atoms with van der Waals surface area (Å²) < 4.78 is 0. The molecule has 106 valence electrons. The summed E-state index contributed by atoms with van der Waals surface area (Å²) in [6, 6.07) is 2.73. The van der Waals surface area contributed by atoms with Crippen molar-refractivity contribution in [1.29, 1.82) is 0 Å². The molecule has 1 heterocycles. The average Bonchev–Trinajstić information content (AvgIpc) is 3.13. The number of nitrogens with zero attached hydrogens (tertiary/aromatic N) is 1. The maximum Gasteiger partial charge on any atom is 0.310 e. The first-order valence-corrected chi connectivity index (χ1v) is 8.04. The molecule has 1 aliphatic rings. The Kier molecular flexibility index (Phi) is 4.63. The number of aliphatic carboxylic acids is 1. The van der Waals surface area contributed by atoms with Crippen LogP contribution in [0, 0.1) is 5.41 Å². The van der Waals surface area contributed by atoms with Gasteiger partial charge in [-0.2, -0.15) is 11.3 Å². The predicted octanol–water partition coefficient (Wildman–Crippen LogP) is 3.60. The lowest BCUT2D eigenvalue weighted by molar-refractivity contribution is -0.151. The van der Waals surface area contributed by atoms with Crippen LogP contribution in [0.25, 0.3) is 0 Å². The SMILES string of the molecule is CCC(CC)(CN(Cc1ccsc1)C1CC1)C(=O)O. The van der Waals surface area contributed by atoms with Crippen LogP contribution in [0.1, 0.15) is 45.1 Å². The summed E-state index contributed by atoms with van der Waals surface area (Å²) in [4.78, 5) is 14.0. The van der Waals surface area contributed by atoms with Crippen molar-refractivity contribution in [2.75, 3.05) is 6.54 Å². The summed E-state index contributed by atoms with van der Waals surface area (Å²) in [6.07, 6.45) is 3.83. The number of carboxylic acid groups (broad SMARTS) is 1. The molecule has 19 heavy (non-hydrogen) atoms. The fraction of sp³-hybridized carbons (Fsp3) is 0.667. The Labute approximate surface area is 119 Å². The van der Waals surface area contributed by atoms with Crippen LogP contribution in [0.2, 0.25) is 0 Å². The molecule has 0 atom stereocenters. The average molecular weight is 281 g/mol. The molecule has 1 aromatic heterocycles. The minimum absolute atomic E-state index is 0.585. The Morgan fingerprint density at radius 2 is 2.16 bits per heavy atom. The highest BCUT2D eigenvalue weighted by Crippen LogP contribution is 2.35. The van der Waals surface area contributed by atoms with E-state index in [0.29, 0.717) is 25.4 Å². The molecule has 0 radical (unpaired) electrons. The standard InChI is InChI=1S/C15H23NO2S/c1-3-15(4-2,14(17)18)11-16(13-5-6-13)9-12-7-8-19-10-12/h7-8,10,13H,3-6,9,11H2,1-2H3,(H,17,18). The lowest BCUT2D eigenvalue weighted by Gasteiger charge is -2.34. The van der Waals surface area contributed by atoms with Crippen molar-refractivity contribution >= 4 is 17.3 Å². The van der Waals surface area contributed by atoms with Gasteiger partial charge in [-0.25, -0.2) is 0 Å². The molecule has 0 bridgehead atoms. The van der Waals surface area contributed by atoms with Gasteiger partial charge in [-0.15, -0.1) is 0 Å². The summed E-state index contributed by atoms with van der Waals surface area (Å²) in [5.74, 6) is -0.645. The summed E-state index contributed by atoms with van der Waals surface area (Å²) in [5.41, 5.74) is 0.724. The molecule has 1 aromatic rings. The van der Waals surface area contributed by atoms with Crippen LogP contribution >= 0.6 is 11.3 Å². The van der Waals surface area contributed by atoms with Crippen LogP contribution in [0.5, 0.6) is 0 Å². The number of rotatable bonds is 8. The second-order valence-electron chi connectivity index (χ2n) is 5.56. The Bertz CT molecular complexity index is 408.